The molecule has 3 rings (SSSR count). The van der Waals surface area contributed by atoms with Crippen LogP contribution in [0.5, 0.6) is 0 Å². The first-order chi connectivity index (χ1) is 10.9. The fourth-order valence-corrected chi connectivity index (χ4v) is 2.82. The van der Waals surface area contributed by atoms with Crippen LogP contribution in [-0.2, 0) is 4.74 Å². The molecule has 1 N–H and O–H groups in total. The molecule has 0 unspecified atom stereocenters. The predicted octanol–water partition coefficient (Wildman–Crippen LogP) is 3.66. The van der Waals surface area contributed by atoms with Gasteiger partial charge < -0.3 is 15.0 Å². The molecule has 0 aliphatic carbocycles. The summed E-state index contributed by atoms with van der Waals surface area (Å²) in [6, 6.07) is 8.38. The first-order valence-electron chi connectivity index (χ1n) is 7.99. The van der Waals surface area contributed by atoms with Crippen molar-refractivity contribution in [2.45, 2.75) is 38.8 Å². The van der Waals surface area contributed by atoms with Crippen molar-refractivity contribution < 1.29 is 9.53 Å². The molecule has 2 heterocycles. The van der Waals surface area contributed by atoms with Crippen LogP contribution in [0.15, 0.2) is 36.7 Å². The van der Waals surface area contributed by atoms with Gasteiger partial charge in [0.25, 0.3) is 0 Å². The number of nitrogens with zero attached hydrogens (tertiary/aromatic N) is 2. The maximum absolute atomic E-state index is 12.1. The molecule has 122 valence electrons. The van der Waals surface area contributed by atoms with E-state index in [4.69, 9.17) is 4.74 Å². The highest BCUT2D eigenvalue weighted by Crippen LogP contribution is 2.24. The van der Waals surface area contributed by atoms with Crippen LogP contribution in [0.1, 0.15) is 27.2 Å². The summed E-state index contributed by atoms with van der Waals surface area (Å²) in [5, 5.41) is 5.78. The van der Waals surface area contributed by atoms with Crippen molar-refractivity contribution >= 4 is 22.6 Å². The fraction of sp³-hybridized carbons (Fsp3) is 0.444. The molecule has 1 aliphatic heterocycles. The van der Waals surface area contributed by atoms with Crippen LogP contribution in [-0.4, -0.2) is 40.7 Å². The summed E-state index contributed by atoms with van der Waals surface area (Å²) in [6.07, 6.45) is 4.38. The summed E-state index contributed by atoms with van der Waals surface area (Å²) < 4.78 is 5.44. The van der Waals surface area contributed by atoms with Gasteiger partial charge >= 0.3 is 6.09 Å². The Morgan fingerprint density at radius 1 is 1.30 bits per heavy atom. The van der Waals surface area contributed by atoms with Gasteiger partial charge in [0.1, 0.15) is 5.60 Å². The Morgan fingerprint density at radius 2 is 2.09 bits per heavy atom. The maximum atomic E-state index is 12.1. The second kappa shape index (κ2) is 6.07. The van der Waals surface area contributed by atoms with Gasteiger partial charge in [-0.2, -0.15) is 0 Å². The number of benzene rings is 1. The number of nitrogens with one attached hydrogen (secondary N) is 1. The van der Waals surface area contributed by atoms with E-state index in [-0.39, 0.29) is 12.1 Å². The van der Waals surface area contributed by atoms with Crippen LogP contribution in [0.2, 0.25) is 0 Å². The standard InChI is InChI=1S/C18H23N3O2/c1-18(2,3)23-17(22)21-9-8-14(12-21)20-16-11-19-10-13-6-4-5-7-15(13)16/h4-7,10-11,14,20H,8-9,12H2,1-3H3/t14-/m0/s1. The Kier molecular flexibility index (Phi) is 4.11. The Hall–Kier alpha value is -2.30. The van der Waals surface area contributed by atoms with Crippen molar-refractivity contribution in [1.29, 1.82) is 0 Å². The molecule has 1 atom stereocenters. The van der Waals surface area contributed by atoms with E-state index in [0.29, 0.717) is 13.1 Å². The van der Waals surface area contributed by atoms with Gasteiger partial charge in [0, 0.05) is 36.1 Å². The van der Waals surface area contributed by atoms with E-state index in [9.17, 15) is 4.79 Å². The minimum absolute atomic E-state index is 0.218. The van der Waals surface area contributed by atoms with E-state index < -0.39 is 5.60 Å². The van der Waals surface area contributed by atoms with Crippen LogP contribution in [0.3, 0.4) is 0 Å². The number of anilines is 1. The number of hydrogen-bond acceptors (Lipinski definition) is 4. The monoisotopic (exact) mass is 313 g/mol. The number of ether oxygens (including phenoxy) is 1. The highest BCUT2D eigenvalue weighted by Gasteiger charge is 2.29. The predicted molar refractivity (Wildman–Crippen MR) is 91.6 cm³/mol. The van der Waals surface area contributed by atoms with Crippen LogP contribution in [0, 0.1) is 0 Å². The van der Waals surface area contributed by atoms with Gasteiger partial charge in [-0.05, 0) is 27.2 Å². The summed E-state index contributed by atoms with van der Waals surface area (Å²) in [5.41, 5.74) is 0.557. The molecule has 23 heavy (non-hydrogen) atoms. The van der Waals surface area contributed by atoms with Crippen molar-refractivity contribution in [2.75, 3.05) is 18.4 Å². The summed E-state index contributed by atoms with van der Waals surface area (Å²) in [5.74, 6) is 0. The number of pyridine rings is 1. The molecule has 0 radical (unpaired) electrons. The van der Waals surface area contributed by atoms with E-state index in [2.05, 4.69) is 22.4 Å². The van der Waals surface area contributed by atoms with Gasteiger partial charge in [-0.3, -0.25) is 4.98 Å². The van der Waals surface area contributed by atoms with Gasteiger partial charge in [-0.15, -0.1) is 0 Å². The second-order valence-corrected chi connectivity index (χ2v) is 6.96. The second-order valence-electron chi connectivity index (χ2n) is 6.96. The molecule has 1 amide bonds. The summed E-state index contributed by atoms with van der Waals surface area (Å²) in [7, 11) is 0. The van der Waals surface area contributed by atoms with Crippen molar-refractivity contribution in [3.63, 3.8) is 0 Å². The third-order valence-corrected chi connectivity index (χ3v) is 3.87. The molecule has 1 fully saturated rings. The fourth-order valence-electron chi connectivity index (χ4n) is 2.82. The summed E-state index contributed by atoms with van der Waals surface area (Å²) in [6.45, 7) is 7.03. The molecule has 5 nitrogen and oxygen atoms in total. The highest BCUT2D eigenvalue weighted by molar-refractivity contribution is 5.92. The number of amides is 1. The lowest BCUT2D eigenvalue weighted by atomic mass is 10.1. The first-order valence-corrected chi connectivity index (χ1v) is 7.99. The first kappa shape index (κ1) is 15.6. The molecular weight excluding hydrogens is 290 g/mol. The van der Waals surface area contributed by atoms with E-state index in [1.807, 2.05) is 45.3 Å². The van der Waals surface area contributed by atoms with Crippen LogP contribution >= 0.6 is 0 Å². The Bertz CT molecular complexity index is 703. The lowest BCUT2D eigenvalue weighted by Crippen LogP contribution is -2.36. The third kappa shape index (κ3) is 3.73. The molecule has 2 aromatic rings. The van der Waals surface area contributed by atoms with E-state index in [1.54, 1.807) is 4.90 Å². The quantitative estimate of drug-likeness (QED) is 0.919. The molecule has 1 aliphatic rings. The largest absolute Gasteiger partial charge is 0.444 e. The average Bonchev–Trinajstić information content (AvgIpc) is 2.95. The van der Waals surface area contributed by atoms with Crippen molar-refractivity contribution in [1.82, 2.24) is 9.88 Å². The Balaban J connectivity index is 1.67. The van der Waals surface area contributed by atoms with Crippen molar-refractivity contribution in [2.24, 2.45) is 0 Å². The topological polar surface area (TPSA) is 54.5 Å². The molecule has 1 aromatic heterocycles. The molecule has 1 aromatic carbocycles. The smallest absolute Gasteiger partial charge is 0.410 e. The summed E-state index contributed by atoms with van der Waals surface area (Å²) >= 11 is 0. The van der Waals surface area contributed by atoms with Gasteiger partial charge in [0.2, 0.25) is 0 Å². The Morgan fingerprint density at radius 3 is 2.87 bits per heavy atom. The molecule has 5 heteroatoms. The van der Waals surface area contributed by atoms with Crippen LogP contribution in [0.25, 0.3) is 10.8 Å². The van der Waals surface area contributed by atoms with E-state index in [0.717, 1.165) is 22.9 Å². The van der Waals surface area contributed by atoms with Gasteiger partial charge in [0.05, 0.1) is 11.9 Å². The molecule has 0 spiro atoms. The van der Waals surface area contributed by atoms with Gasteiger partial charge in [0.15, 0.2) is 0 Å². The van der Waals surface area contributed by atoms with E-state index in [1.165, 1.54) is 0 Å². The SMILES string of the molecule is CC(C)(C)OC(=O)N1CC[C@H](Nc2cncc3ccccc23)C1. The molecule has 1 saturated heterocycles. The molecule has 0 saturated carbocycles. The molecular formula is C18H23N3O2. The maximum Gasteiger partial charge on any atom is 0.410 e. The zero-order valence-corrected chi connectivity index (χ0v) is 13.9. The van der Waals surface area contributed by atoms with E-state index >= 15 is 0 Å². The van der Waals surface area contributed by atoms with Crippen LogP contribution in [0.4, 0.5) is 10.5 Å². The zero-order chi connectivity index (χ0) is 16.4. The van der Waals surface area contributed by atoms with Gasteiger partial charge in [-0.1, -0.05) is 24.3 Å². The minimum Gasteiger partial charge on any atom is -0.444 e. The number of carbonyl (C=O) groups is 1. The van der Waals surface area contributed by atoms with Crippen molar-refractivity contribution in [3.8, 4) is 0 Å². The zero-order valence-electron chi connectivity index (χ0n) is 13.9. The number of hydrogen-bond donors (Lipinski definition) is 1. The average molecular weight is 313 g/mol. The lowest BCUT2D eigenvalue weighted by molar-refractivity contribution is 0.0293. The highest BCUT2D eigenvalue weighted by atomic mass is 16.6. The molecule has 0 bridgehead atoms. The third-order valence-electron chi connectivity index (χ3n) is 3.87. The lowest BCUT2D eigenvalue weighted by Gasteiger charge is -2.24. The van der Waals surface area contributed by atoms with Crippen LogP contribution < -0.4 is 5.32 Å². The van der Waals surface area contributed by atoms with Crippen molar-refractivity contribution in [3.05, 3.63) is 36.7 Å². The summed E-state index contributed by atoms with van der Waals surface area (Å²) in [4.78, 5) is 18.2. The number of carbonyl (C=O) groups excluding carboxylic acids is 1. The minimum atomic E-state index is -0.456. The number of rotatable bonds is 2. The number of fused-ring (bicyclic) bond motifs is 1. The number of aromatic nitrogens is 1. The Labute approximate surface area is 136 Å². The van der Waals surface area contributed by atoms with Gasteiger partial charge in [-0.25, -0.2) is 4.79 Å². The number of likely N-dealkylation sites (tertiary alicyclic amines) is 1. The normalized spacial score (nSPS) is 18.2.